The second-order valence-corrected chi connectivity index (χ2v) is 7.56. The standard InChI is InChI=1S/C24H14N4O8/c29-25(30)18-5-3-4-15(12-18)20-10-9-17(14-23(20)27(33)34)21-11-8-16(13-24(21)28(35)36)19-6-1-2-7-22(19)26(31)32/h1-14H. The highest BCUT2D eigenvalue weighted by atomic mass is 16.6. The lowest BCUT2D eigenvalue weighted by atomic mass is 9.95. The molecule has 36 heavy (non-hydrogen) atoms. The number of nitro benzene ring substituents is 4. The first-order chi connectivity index (χ1) is 17.2. The van der Waals surface area contributed by atoms with Gasteiger partial charge in [-0.05, 0) is 34.9 Å². The van der Waals surface area contributed by atoms with E-state index in [2.05, 4.69) is 0 Å². The smallest absolute Gasteiger partial charge is 0.258 e. The zero-order valence-corrected chi connectivity index (χ0v) is 18.1. The van der Waals surface area contributed by atoms with Gasteiger partial charge in [0.15, 0.2) is 0 Å². The molecule has 0 aromatic heterocycles. The molecule has 178 valence electrons. The summed E-state index contributed by atoms with van der Waals surface area (Å²) in [6, 6.07) is 19.1. The first kappa shape index (κ1) is 23.6. The van der Waals surface area contributed by atoms with E-state index in [1.165, 1.54) is 72.8 Å². The Balaban J connectivity index is 1.86. The van der Waals surface area contributed by atoms with Crippen molar-refractivity contribution < 1.29 is 19.7 Å². The van der Waals surface area contributed by atoms with Crippen LogP contribution in [0.25, 0.3) is 33.4 Å². The molecule has 12 nitrogen and oxygen atoms in total. The maximum absolute atomic E-state index is 11.9. The topological polar surface area (TPSA) is 173 Å². The number of hydrogen-bond acceptors (Lipinski definition) is 8. The molecule has 0 amide bonds. The van der Waals surface area contributed by atoms with Crippen molar-refractivity contribution in [3.63, 3.8) is 0 Å². The molecule has 0 spiro atoms. The number of nitro groups is 4. The highest BCUT2D eigenvalue weighted by molar-refractivity contribution is 5.85. The van der Waals surface area contributed by atoms with Gasteiger partial charge in [0, 0.05) is 30.3 Å². The second kappa shape index (κ2) is 9.38. The fraction of sp³-hybridized carbons (Fsp3) is 0. The minimum atomic E-state index is -0.675. The SMILES string of the molecule is O=[N+]([O-])c1cccc(-c2ccc(-c3ccc(-c4ccccc4[N+](=O)[O-])cc3[N+](=O)[O-])cc2[N+](=O)[O-])c1. The Bertz CT molecular complexity index is 1570. The zero-order chi connectivity index (χ0) is 26.0. The molecule has 4 aromatic rings. The van der Waals surface area contributed by atoms with Crippen LogP contribution in [0.2, 0.25) is 0 Å². The van der Waals surface area contributed by atoms with Crippen LogP contribution in [-0.4, -0.2) is 19.7 Å². The van der Waals surface area contributed by atoms with E-state index in [4.69, 9.17) is 0 Å². The third kappa shape index (κ3) is 4.46. The van der Waals surface area contributed by atoms with Gasteiger partial charge in [0.25, 0.3) is 22.7 Å². The second-order valence-electron chi connectivity index (χ2n) is 7.56. The number of nitrogens with zero attached hydrogens (tertiary/aromatic N) is 4. The van der Waals surface area contributed by atoms with Gasteiger partial charge in [-0.3, -0.25) is 40.5 Å². The van der Waals surface area contributed by atoms with Gasteiger partial charge in [-0.1, -0.05) is 36.4 Å². The third-order valence-corrected chi connectivity index (χ3v) is 5.48. The van der Waals surface area contributed by atoms with Crippen LogP contribution in [0.5, 0.6) is 0 Å². The van der Waals surface area contributed by atoms with Gasteiger partial charge in [-0.25, -0.2) is 0 Å². The van der Waals surface area contributed by atoms with E-state index in [0.29, 0.717) is 0 Å². The maximum Gasteiger partial charge on any atom is 0.277 e. The van der Waals surface area contributed by atoms with Gasteiger partial charge < -0.3 is 0 Å². The molecule has 0 aliphatic rings. The van der Waals surface area contributed by atoms with Crippen molar-refractivity contribution in [3.8, 4) is 33.4 Å². The van der Waals surface area contributed by atoms with Gasteiger partial charge in [-0.2, -0.15) is 0 Å². The molecule has 0 bridgehead atoms. The van der Waals surface area contributed by atoms with E-state index < -0.39 is 31.1 Å². The van der Waals surface area contributed by atoms with Crippen molar-refractivity contribution in [2.24, 2.45) is 0 Å². The van der Waals surface area contributed by atoms with Crippen molar-refractivity contribution >= 4 is 22.7 Å². The quantitative estimate of drug-likeness (QED) is 0.215. The van der Waals surface area contributed by atoms with Gasteiger partial charge in [0.2, 0.25) is 0 Å². The molecule has 12 heteroatoms. The Morgan fingerprint density at radius 2 is 0.889 bits per heavy atom. The average molecular weight is 486 g/mol. The molecule has 0 unspecified atom stereocenters. The monoisotopic (exact) mass is 486 g/mol. The Morgan fingerprint density at radius 1 is 0.417 bits per heavy atom. The highest BCUT2D eigenvalue weighted by Crippen LogP contribution is 2.40. The van der Waals surface area contributed by atoms with Crippen LogP contribution in [0.15, 0.2) is 84.9 Å². The fourth-order valence-corrected chi connectivity index (χ4v) is 3.85. The largest absolute Gasteiger partial charge is 0.277 e. The number of benzene rings is 4. The first-order valence-electron chi connectivity index (χ1n) is 10.2. The Labute approximate surface area is 201 Å². The summed E-state index contributed by atoms with van der Waals surface area (Å²) in [6.07, 6.45) is 0. The fourth-order valence-electron chi connectivity index (χ4n) is 3.85. The van der Waals surface area contributed by atoms with E-state index >= 15 is 0 Å². The molecule has 0 N–H and O–H groups in total. The predicted octanol–water partition coefficient (Wildman–Crippen LogP) is 6.32. The van der Waals surface area contributed by atoms with E-state index in [-0.39, 0.29) is 44.8 Å². The summed E-state index contributed by atoms with van der Waals surface area (Å²) in [5, 5.41) is 46.2. The van der Waals surface area contributed by atoms with Crippen LogP contribution in [0.3, 0.4) is 0 Å². The van der Waals surface area contributed by atoms with Crippen LogP contribution in [0.4, 0.5) is 22.7 Å². The van der Waals surface area contributed by atoms with Crippen LogP contribution in [0, 0.1) is 40.5 Å². The van der Waals surface area contributed by atoms with Crippen molar-refractivity contribution in [2.75, 3.05) is 0 Å². The van der Waals surface area contributed by atoms with E-state index in [1.54, 1.807) is 6.07 Å². The molecular weight excluding hydrogens is 472 g/mol. The number of hydrogen-bond donors (Lipinski definition) is 0. The minimum absolute atomic E-state index is 0.0658. The molecule has 0 fully saturated rings. The summed E-state index contributed by atoms with van der Waals surface area (Å²) < 4.78 is 0. The van der Waals surface area contributed by atoms with Crippen LogP contribution in [-0.2, 0) is 0 Å². The summed E-state index contributed by atoms with van der Waals surface area (Å²) in [6.45, 7) is 0. The van der Waals surface area contributed by atoms with Crippen molar-refractivity contribution in [2.45, 2.75) is 0 Å². The molecule has 0 saturated heterocycles. The Hall–Kier alpha value is -5.52. The van der Waals surface area contributed by atoms with Gasteiger partial charge >= 0.3 is 0 Å². The number of rotatable bonds is 7. The van der Waals surface area contributed by atoms with Gasteiger partial charge in [0.1, 0.15) is 0 Å². The number of para-hydroxylation sites is 1. The molecule has 0 heterocycles. The molecule has 0 aliphatic carbocycles. The van der Waals surface area contributed by atoms with E-state index in [1.807, 2.05) is 0 Å². The summed E-state index contributed by atoms with van der Waals surface area (Å²) in [7, 11) is 0. The number of non-ortho nitro benzene ring substituents is 1. The maximum atomic E-state index is 11.9. The molecule has 0 atom stereocenters. The summed E-state index contributed by atoms with van der Waals surface area (Å²) in [5.74, 6) is 0. The van der Waals surface area contributed by atoms with Crippen LogP contribution >= 0.6 is 0 Å². The minimum Gasteiger partial charge on any atom is -0.258 e. The summed E-state index contributed by atoms with van der Waals surface area (Å²) in [4.78, 5) is 43.6. The van der Waals surface area contributed by atoms with Crippen molar-refractivity contribution in [1.82, 2.24) is 0 Å². The van der Waals surface area contributed by atoms with Crippen molar-refractivity contribution in [1.29, 1.82) is 0 Å². The molecule has 0 radical (unpaired) electrons. The van der Waals surface area contributed by atoms with E-state index in [0.717, 1.165) is 6.07 Å². The van der Waals surface area contributed by atoms with Crippen molar-refractivity contribution in [3.05, 3.63) is 125 Å². The van der Waals surface area contributed by atoms with Gasteiger partial charge in [0.05, 0.1) is 36.4 Å². The Kier molecular flexibility index (Phi) is 6.16. The molecule has 4 aromatic carbocycles. The third-order valence-electron chi connectivity index (χ3n) is 5.48. The van der Waals surface area contributed by atoms with E-state index in [9.17, 15) is 40.5 Å². The zero-order valence-electron chi connectivity index (χ0n) is 18.1. The first-order valence-corrected chi connectivity index (χ1v) is 10.2. The van der Waals surface area contributed by atoms with Crippen LogP contribution in [0.1, 0.15) is 0 Å². The Morgan fingerprint density at radius 3 is 1.39 bits per heavy atom. The van der Waals surface area contributed by atoms with Crippen LogP contribution < -0.4 is 0 Å². The highest BCUT2D eigenvalue weighted by Gasteiger charge is 2.24. The predicted molar refractivity (Wildman–Crippen MR) is 129 cm³/mol. The lowest BCUT2D eigenvalue weighted by Gasteiger charge is -2.09. The summed E-state index contributed by atoms with van der Waals surface area (Å²) in [5.41, 5.74) is -0.274. The molecule has 0 aliphatic heterocycles. The lowest BCUT2D eigenvalue weighted by molar-refractivity contribution is -0.385. The molecular formula is C24H14N4O8. The average Bonchev–Trinajstić information content (AvgIpc) is 2.88. The van der Waals surface area contributed by atoms with Gasteiger partial charge in [-0.15, -0.1) is 0 Å². The normalized spacial score (nSPS) is 10.6. The molecule has 4 rings (SSSR count). The molecule has 0 saturated carbocycles. The lowest BCUT2D eigenvalue weighted by Crippen LogP contribution is -1.97. The summed E-state index contributed by atoms with van der Waals surface area (Å²) >= 11 is 0.